The maximum atomic E-state index is 14.1. The third kappa shape index (κ3) is 28.8. The number of aliphatic hydroxyl groups excluding tert-OH is 2. The van der Waals surface area contributed by atoms with Crippen molar-refractivity contribution in [2.75, 3.05) is 32.0 Å². The van der Waals surface area contributed by atoms with Gasteiger partial charge in [0.25, 0.3) is 0 Å². The molecular formula is C55H97N15O16S. The summed E-state index contributed by atoms with van der Waals surface area (Å²) < 4.78 is 0. The van der Waals surface area contributed by atoms with Crippen molar-refractivity contribution < 1.29 is 77.6 Å². The molecular weight excluding hydrogens is 1160 g/mol. The van der Waals surface area contributed by atoms with Crippen molar-refractivity contribution in [3.8, 4) is 0 Å². The standard InChI is InChI=1S/C55H97N15O16S/c1-26(2)19-35(46(77)63-36(20-27(3)4)47(78)65-38(22-29(7)8)49(80)69-43(32(11)72)54(85)86)64-48(79)37(21-28(5)6)66-51(82)40(25-87)68-50(81)39(24-71)67-44(75)30(9)61-42(74)23-59-45(76)34(15-13-17-58-55(56)57)62-52(83)41-16-14-18-70(41)53(84)31(10)60-33(12)73/h26-32,34-41,43,71-72,87H,13-25H2,1-12H3,(H,59,76)(H,60,73)(H,61,74)(H,62,83)(H,63,77)(H,64,79)(H,65,78)(H,66,82)(H,67,75)(H,68,81)(H,69,80)(H,85,86)(H4,56,57,58)/t30-,31-,32+,34-,35-,36-,37-,38-,39-,40-,41-,43-/m0/s1. The SMILES string of the molecule is CC(=O)N[C@@H](C)C(=O)N1CCC[C@H]1C(=O)N[C@@H](CCCN=C(N)N)C(=O)NCC(=O)N[C@@H](C)C(=O)N[C@@H](CO)C(=O)N[C@@H](CS)C(=O)N[C@@H](CC(C)C)C(=O)N[C@@H](CC(C)C)C(=O)N[C@@H](CC(C)C)C(=O)N[C@@H](CC(C)C)C(=O)N[C@H](C(=O)O)[C@@H](C)O. The van der Waals surface area contributed by atoms with Crippen LogP contribution in [0.1, 0.15) is 134 Å². The van der Waals surface area contributed by atoms with Crippen LogP contribution in [-0.2, 0) is 62.3 Å². The zero-order chi connectivity index (χ0) is 66.6. The van der Waals surface area contributed by atoms with Crippen LogP contribution in [-0.4, -0.2) is 208 Å². The number of hydrogen-bond donors (Lipinski definition) is 17. The quantitative estimate of drug-likeness (QED) is 0.0120. The molecule has 0 bridgehead atoms. The Kier molecular flexibility index (Phi) is 34.6. The number of carbonyl (C=O) groups is 13. The third-order valence-electron chi connectivity index (χ3n) is 13.4. The van der Waals surface area contributed by atoms with Crippen molar-refractivity contribution in [2.45, 2.75) is 207 Å². The van der Waals surface area contributed by atoms with E-state index in [0.29, 0.717) is 6.42 Å². The van der Waals surface area contributed by atoms with Gasteiger partial charge in [-0.1, -0.05) is 55.4 Å². The first-order valence-electron chi connectivity index (χ1n) is 29.3. The second kappa shape index (κ2) is 38.7. The Hall–Kier alpha value is -7.35. The fraction of sp³-hybridized carbons (Fsp3) is 0.745. The molecule has 31 nitrogen and oxygen atoms in total. The predicted molar refractivity (Wildman–Crippen MR) is 322 cm³/mol. The van der Waals surface area contributed by atoms with Gasteiger partial charge >= 0.3 is 5.97 Å². The van der Waals surface area contributed by atoms with Crippen LogP contribution >= 0.6 is 12.6 Å². The van der Waals surface area contributed by atoms with Crippen LogP contribution in [0.5, 0.6) is 0 Å². The van der Waals surface area contributed by atoms with Gasteiger partial charge in [0, 0.05) is 25.8 Å². The molecule has 0 saturated carbocycles. The number of rotatable bonds is 38. The maximum absolute atomic E-state index is 14.1. The van der Waals surface area contributed by atoms with Crippen molar-refractivity contribution in [3.05, 3.63) is 0 Å². The molecule has 0 aromatic carbocycles. The molecule has 0 spiro atoms. The van der Waals surface area contributed by atoms with E-state index in [1.807, 2.05) is 0 Å². The predicted octanol–water partition coefficient (Wildman–Crippen LogP) is -4.37. The number of aliphatic hydroxyl groups is 2. The van der Waals surface area contributed by atoms with Gasteiger partial charge in [-0.2, -0.15) is 12.6 Å². The van der Waals surface area contributed by atoms with Crippen LogP contribution < -0.4 is 70.0 Å². The van der Waals surface area contributed by atoms with Crippen molar-refractivity contribution >= 4 is 95.4 Å². The van der Waals surface area contributed by atoms with Gasteiger partial charge in [0.1, 0.15) is 60.4 Å². The Balaban J connectivity index is 3.16. The monoisotopic (exact) mass is 1260 g/mol. The minimum atomic E-state index is -1.70. The van der Waals surface area contributed by atoms with E-state index in [2.05, 4.69) is 76.1 Å². The number of carboxylic acids is 1. The summed E-state index contributed by atoms with van der Waals surface area (Å²) >= 11 is 4.21. The van der Waals surface area contributed by atoms with E-state index < -0.39 is 163 Å². The average molecular weight is 1260 g/mol. The molecule has 1 aliphatic heterocycles. The van der Waals surface area contributed by atoms with Gasteiger partial charge in [0.2, 0.25) is 70.9 Å². The fourth-order valence-corrected chi connectivity index (χ4v) is 9.37. The van der Waals surface area contributed by atoms with Gasteiger partial charge in [-0.25, -0.2) is 4.79 Å². The van der Waals surface area contributed by atoms with E-state index >= 15 is 0 Å². The minimum Gasteiger partial charge on any atom is -0.480 e. The molecule has 1 fully saturated rings. The molecule has 1 rings (SSSR count). The van der Waals surface area contributed by atoms with Crippen LogP contribution in [0.2, 0.25) is 0 Å². The number of hydrogen-bond acceptors (Lipinski definition) is 17. The van der Waals surface area contributed by atoms with Crippen molar-refractivity contribution in [1.82, 2.24) is 63.4 Å². The van der Waals surface area contributed by atoms with Crippen LogP contribution in [0.15, 0.2) is 4.99 Å². The van der Waals surface area contributed by atoms with Crippen LogP contribution in [0.3, 0.4) is 0 Å². The summed E-state index contributed by atoms with van der Waals surface area (Å²) in [5, 5.41) is 57.1. The zero-order valence-electron chi connectivity index (χ0n) is 52.1. The molecule has 0 aromatic heterocycles. The number of amides is 12. The molecule has 0 unspecified atom stereocenters. The van der Waals surface area contributed by atoms with E-state index in [9.17, 15) is 77.6 Å². The lowest BCUT2D eigenvalue weighted by Gasteiger charge is -2.29. The lowest BCUT2D eigenvalue weighted by Crippen LogP contribution is -2.61. The van der Waals surface area contributed by atoms with Gasteiger partial charge in [-0.3, -0.25) is 62.5 Å². The van der Waals surface area contributed by atoms with Crippen molar-refractivity contribution in [2.24, 2.45) is 40.1 Å². The van der Waals surface area contributed by atoms with Gasteiger partial charge < -0.3 is 90.2 Å². The first-order valence-corrected chi connectivity index (χ1v) is 29.9. The molecule has 1 saturated heterocycles. The van der Waals surface area contributed by atoms with E-state index in [1.165, 1.54) is 32.6 Å². The molecule has 32 heteroatoms. The number of aliphatic carboxylic acids is 1. The Bertz CT molecular complexity index is 2410. The summed E-state index contributed by atoms with van der Waals surface area (Å²) in [7, 11) is 0. The minimum absolute atomic E-state index is 0.00362. The Morgan fingerprint density at radius 2 is 0.977 bits per heavy atom. The molecule has 12 atom stereocenters. The van der Waals surface area contributed by atoms with Crippen LogP contribution in [0.4, 0.5) is 0 Å². The summed E-state index contributed by atoms with van der Waals surface area (Å²) in [6.07, 6.45) is -0.268. The fourth-order valence-electron chi connectivity index (χ4n) is 9.11. The summed E-state index contributed by atoms with van der Waals surface area (Å²) in [5.41, 5.74) is 10.8. The number of carboxylic acid groups (broad SMARTS) is 1. The van der Waals surface area contributed by atoms with E-state index in [1.54, 1.807) is 55.4 Å². The van der Waals surface area contributed by atoms with E-state index in [4.69, 9.17) is 11.5 Å². The highest BCUT2D eigenvalue weighted by Gasteiger charge is 2.39. The van der Waals surface area contributed by atoms with Crippen LogP contribution in [0, 0.1) is 23.7 Å². The second-order valence-electron chi connectivity index (χ2n) is 23.4. The second-order valence-corrected chi connectivity index (χ2v) is 23.8. The molecule has 12 amide bonds. The number of carbonyl (C=O) groups excluding carboxylic acids is 12. The Labute approximate surface area is 513 Å². The highest BCUT2D eigenvalue weighted by Crippen LogP contribution is 2.20. The molecule has 1 aliphatic rings. The molecule has 0 radical (unpaired) electrons. The number of nitrogens with two attached hydrogens (primary N) is 2. The zero-order valence-corrected chi connectivity index (χ0v) is 53.0. The number of nitrogens with zero attached hydrogens (tertiary/aromatic N) is 2. The van der Waals surface area contributed by atoms with E-state index in [-0.39, 0.29) is 93.4 Å². The highest BCUT2D eigenvalue weighted by molar-refractivity contribution is 7.80. The number of guanidine groups is 1. The van der Waals surface area contributed by atoms with Crippen molar-refractivity contribution in [3.63, 3.8) is 0 Å². The van der Waals surface area contributed by atoms with E-state index in [0.717, 1.165) is 0 Å². The Morgan fingerprint density at radius 1 is 0.552 bits per heavy atom. The molecule has 494 valence electrons. The summed E-state index contributed by atoms with van der Waals surface area (Å²) in [6, 6.07) is -14.4. The summed E-state index contributed by atoms with van der Waals surface area (Å²) in [5.74, 6) is -12.3. The lowest BCUT2D eigenvalue weighted by atomic mass is 9.98. The number of aliphatic imine (C=N–C) groups is 1. The number of thiol groups is 1. The van der Waals surface area contributed by atoms with Crippen LogP contribution in [0.25, 0.3) is 0 Å². The van der Waals surface area contributed by atoms with Gasteiger partial charge in [0.05, 0.1) is 19.3 Å². The van der Waals surface area contributed by atoms with Crippen molar-refractivity contribution in [1.29, 1.82) is 0 Å². The number of likely N-dealkylation sites (tertiary alicyclic amines) is 1. The first kappa shape index (κ1) is 77.7. The van der Waals surface area contributed by atoms with Gasteiger partial charge in [0.15, 0.2) is 12.0 Å². The molecule has 18 N–H and O–H groups in total. The number of nitrogens with one attached hydrogen (secondary N) is 11. The smallest absolute Gasteiger partial charge is 0.328 e. The third-order valence-corrected chi connectivity index (χ3v) is 13.8. The Morgan fingerprint density at radius 3 is 1.38 bits per heavy atom. The average Bonchev–Trinajstić information content (AvgIpc) is 3.43. The lowest BCUT2D eigenvalue weighted by molar-refractivity contribution is -0.145. The molecule has 87 heavy (non-hydrogen) atoms. The summed E-state index contributed by atoms with van der Waals surface area (Å²) in [6.45, 7) is 18.0. The topological polar surface area (TPSA) is 483 Å². The summed E-state index contributed by atoms with van der Waals surface area (Å²) in [4.78, 5) is 178. The molecule has 0 aliphatic carbocycles. The van der Waals surface area contributed by atoms with Gasteiger partial charge in [-0.15, -0.1) is 0 Å². The first-order chi connectivity index (χ1) is 40.5. The van der Waals surface area contributed by atoms with Gasteiger partial charge in [-0.05, 0) is 95.8 Å². The maximum Gasteiger partial charge on any atom is 0.328 e. The largest absolute Gasteiger partial charge is 0.480 e. The normalized spacial score (nSPS) is 16.8. The molecule has 0 aromatic rings. The molecule has 1 heterocycles. The highest BCUT2D eigenvalue weighted by atomic mass is 32.1.